The molecule has 0 heterocycles. The highest BCUT2D eigenvalue weighted by Crippen LogP contribution is 2.35. The van der Waals surface area contributed by atoms with Gasteiger partial charge in [0.25, 0.3) is 0 Å². The van der Waals surface area contributed by atoms with Crippen molar-refractivity contribution in [3.63, 3.8) is 0 Å². The van der Waals surface area contributed by atoms with E-state index in [1.165, 1.54) is 23.8 Å². The predicted molar refractivity (Wildman–Crippen MR) is 88.6 cm³/mol. The van der Waals surface area contributed by atoms with Crippen LogP contribution in [0.2, 0.25) is 0 Å². The average molecular weight is 348 g/mol. The smallest absolute Gasteiger partial charge is 0.416 e. The Kier molecular flexibility index (Phi) is 4.84. The molecule has 0 amide bonds. The Balaban J connectivity index is 1.95. The zero-order valence-corrected chi connectivity index (χ0v) is 13.6. The van der Waals surface area contributed by atoms with E-state index in [1.54, 1.807) is 6.07 Å². The molecular formula is C20H19F3O2. The molecule has 25 heavy (non-hydrogen) atoms. The summed E-state index contributed by atoms with van der Waals surface area (Å²) in [6.07, 6.45) is -0.614. The lowest BCUT2D eigenvalue weighted by Gasteiger charge is -2.20. The van der Waals surface area contributed by atoms with Gasteiger partial charge in [0.2, 0.25) is 0 Å². The summed E-state index contributed by atoms with van der Waals surface area (Å²) in [6.45, 7) is 0. The minimum Gasteiger partial charge on any atom is -0.481 e. The number of aryl methyl sites for hydroxylation is 2. The lowest BCUT2D eigenvalue weighted by atomic mass is 9.85. The lowest BCUT2D eigenvalue weighted by Crippen LogP contribution is -2.18. The molecule has 2 aromatic carbocycles. The van der Waals surface area contributed by atoms with E-state index in [1.807, 2.05) is 12.1 Å². The molecular weight excluding hydrogens is 329 g/mol. The number of fused-ring (bicyclic) bond motifs is 1. The van der Waals surface area contributed by atoms with Gasteiger partial charge >= 0.3 is 12.1 Å². The first-order valence-corrected chi connectivity index (χ1v) is 8.36. The maximum Gasteiger partial charge on any atom is 0.416 e. The number of carboxylic acids is 1. The van der Waals surface area contributed by atoms with Crippen molar-refractivity contribution in [1.82, 2.24) is 0 Å². The summed E-state index contributed by atoms with van der Waals surface area (Å²) in [5.74, 6) is -2.09. The average Bonchev–Trinajstić information content (AvgIpc) is 2.58. The van der Waals surface area contributed by atoms with E-state index in [-0.39, 0.29) is 12.0 Å². The van der Waals surface area contributed by atoms with Crippen molar-refractivity contribution in [3.05, 3.63) is 70.3 Å². The molecule has 5 heteroatoms. The van der Waals surface area contributed by atoms with E-state index in [2.05, 4.69) is 0 Å². The molecule has 1 aliphatic carbocycles. The number of alkyl halides is 3. The number of rotatable bonds is 4. The lowest BCUT2D eigenvalue weighted by molar-refractivity contribution is -0.141. The highest BCUT2D eigenvalue weighted by Gasteiger charge is 2.34. The number of hydrogen-bond acceptors (Lipinski definition) is 1. The van der Waals surface area contributed by atoms with Crippen LogP contribution in [0.25, 0.3) is 0 Å². The molecule has 132 valence electrons. The molecule has 0 aliphatic heterocycles. The minimum absolute atomic E-state index is 0.0140. The third-order valence-corrected chi connectivity index (χ3v) is 4.82. The summed E-state index contributed by atoms with van der Waals surface area (Å²) in [4.78, 5) is 11.8. The van der Waals surface area contributed by atoms with Gasteiger partial charge in [0.1, 0.15) is 0 Å². The third kappa shape index (κ3) is 3.86. The van der Waals surface area contributed by atoms with Gasteiger partial charge in [-0.15, -0.1) is 0 Å². The van der Waals surface area contributed by atoms with Crippen molar-refractivity contribution in [3.8, 4) is 0 Å². The standard InChI is InChI=1S/C20H19F3O2/c21-20(22,23)18-8-4-3-7-16(18)12-17(19(24)25)15-10-9-13-5-1-2-6-14(13)11-15/h3-4,7-11,17H,1-2,5-6,12H2,(H,24,25). The van der Waals surface area contributed by atoms with Crippen LogP contribution >= 0.6 is 0 Å². The largest absolute Gasteiger partial charge is 0.481 e. The van der Waals surface area contributed by atoms with Gasteiger partial charge in [-0.25, -0.2) is 0 Å². The van der Waals surface area contributed by atoms with Crippen molar-refractivity contribution in [2.24, 2.45) is 0 Å². The van der Waals surface area contributed by atoms with Gasteiger partial charge in [0, 0.05) is 0 Å². The monoisotopic (exact) mass is 348 g/mol. The van der Waals surface area contributed by atoms with Gasteiger partial charge in [0.15, 0.2) is 0 Å². The van der Waals surface area contributed by atoms with Crippen molar-refractivity contribution < 1.29 is 23.1 Å². The number of halogens is 3. The molecule has 0 bridgehead atoms. The third-order valence-electron chi connectivity index (χ3n) is 4.82. The fourth-order valence-electron chi connectivity index (χ4n) is 3.51. The molecule has 1 unspecified atom stereocenters. The topological polar surface area (TPSA) is 37.3 Å². The van der Waals surface area contributed by atoms with Crippen LogP contribution in [0.15, 0.2) is 42.5 Å². The molecule has 0 saturated heterocycles. The molecule has 2 nitrogen and oxygen atoms in total. The van der Waals surface area contributed by atoms with Gasteiger partial charge in [-0.3, -0.25) is 4.79 Å². The first-order valence-electron chi connectivity index (χ1n) is 8.36. The first kappa shape index (κ1) is 17.5. The summed E-state index contributed by atoms with van der Waals surface area (Å²) >= 11 is 0. The van der Waals surface area contributed by atoms with E-state index < -0.39 is 23.6 Å². The second kappa shape index (κ2) is 6.90. The van der Waals surface area contributed by atoms with Crippen LogP contribution in [-0.2, 0) is 30.2 Å². The van der Waals surface area contributed by atoms with Crippen LogP contribution in [-0.4, -0.2) is 11.1 Å². The van der Waals surface area contributed by atoms with Crippen molar-refractivity contribution in [1.29, 1.82) is 0 Å². The summed E-state index contributed by atoms with van der Waals surface area (Å²) < 4.78 is 39.5. The Morgan fingerprint density at radius 1 is 1.04 bits per heavy atom. The van der Waals surface area contributed by atoms with Gasteiger partial charge in [-0.1, -0.05) is 36.4 Å². The van der Waals surface area contributed by atoms with Crippen LogP contribution in [0.5, 0.6) is 0 Å². The normalized spacial score (nSPS) is 15.5. The Morgan fingerprint density at radius 3 is 2.40 bits per heavy atom. The zero-order valence-electron chi connectivity index (χ0n) is 13.6. The van der Waals surface area contributed by atoms with E-state index in [4.69, 9.17) is 0 Å². The van der Waals surface area contributed by atoms with Crippen LogP contribution in [0, 0.1) is 0 Å². The summed E-state index contributed by atoms with van der Waals surface area (Å²) in [7, 11) is 0. The second-order valence-corrected chi connectivity index (χ2v) is 6.49. The van der Waals surface area contributed by atoms with E-state index >= 15 is 0 Å². The highest BCUT2D eigenvalue weighted by molar-refractivity contribution is 5.76. The molecule has 0 saturated carbocycles. The molecule has 1 aliphatic rings. The van der Waals surface area contributed by atoms with E-state index in [0.717, 1.165) is 37.3 Å². The number of aliphatic carboxylic acids is 1. The number of carbonyl (C=O) groups is 1. The highest BCUT2D eigenvalue weighted by atomic mass is 19.4. The van der Waals surface area contributed by atoms with Crippen molar-refractivity contribution >= 4 is 5.97 Å². The van der Waals surface area contributed by atoms with Crippen LogP contribution in [0.3, 0.4) is 0 Å². The molecule has 1 N–H and O–H groups in total. The maximum absolute atomic E-state index is 13.2. The first-order chi connectivity index (χ1) is 11.9. The maximum atomic E-state index is 13.2. The summed E-state index contributed by atoms with van der Waals surface area (Å²) in [5.41, 5.74) is 2.17. The molecule has 0 aromatic heterocycles. The van der Waals surface area contributed by atoms with E-state index in [9.17, 15) is 23.1 Å². The van der Waals surface area contributed by atoms with Crippen molar-refractivity contribution in [2.75, 3.05) is 0 Å². The van der Waals surface area contributed by atoms with Gasteiger partial charge < -0.3 is 5.11 Å². The second-order valence-electron chi connectivity index (χ2n) is 6.49. The predicted octanol–water partition coefficient (Wildman–Crippen LogP) is 5.00. The van der Waals surface area contributed by atoms with Gasteiger partial charge in [-0.05, 0) is 60.4 Å². The minimum atomic E-state index is -4.49. The number of hydrogen-bond donors (Lipinski definition) is 1. The fraction of sp³-hybridized carbons (Fsp3) is 0.350. The number of carboxylic acid groups (broad SMARTS) is 1. The fourth-order valence-corrected chi connectivity index (χ4v) is 3.51. The Bertz CT molecular complexity index is 781. The summed E-state index contributed by atoms with van der Waals surface area (Å²) in [5, 5.41) is 9.60. The van der Waals surface area contributed by atoms with Crippen molar-refractivity contribution in [2.45, 2.75) is 44.2 Å². The van der Waals surface area contributed by atoms with Gasteiger partial charge in [0.05, 0.1) is 11.5 Å². The Morgan fingerprint density at radius 2 is 1.72 bits per heavy atom. The molecule has 1 atom stereocenters. The molecule has 0 spiro atoms. The molecule has 3 rings (SSSR count). The Hall–Kier alpha value is -2.30. The zero-order chi connectivity index (χ0) is 18.0. The van der Waals surface area contributed by atoms with E-state index in [0.29, 0.717) is 5.56 Å². The number of benzene rings is 2. The van der Waals surface area contributed by atoms with Crippen LogP contribution in [0.4, 0.5) is 13.2 Å². The summed E-state index contributed by atoms with van der Waals surface area (Å²) in [6, 6.07) is 10.7. The SMILES string of the molecule is O=C(O)C(Cc1ccccc1C(F)(F)F)c1ccc2c(c1)CCCC2. The molecule has 0 radical (unpaired) electrons. The molecule has 2 aromatic rings. The van der Waals surface area contributed by atoms with Crippen LogP contribution < -0.4 is 0 Å². The molecule has 0 fully saturated rings. The van der Waals surface area contributed by atoms with Gasteiger partial charge in [-0.2, -0.15) is 13.2 Å². The Labute approximate surface area is 144 Å². The van der Waals surface area contributed by atoms with Crippen LogP contribution in [0.1, 0.15) is 46.6 Å². The quantitative estimate of drug-likeness (QED) is 0.845.